The van der Waals surface area contributed by atoms with Gasteiger partial charge in [-0.15, -0.1) is 0 Å². The number of hydrogen-bond donors (Lipinski definition) is 1. The van der Waals surface area contributed by atoms with Crippen molar-refractivity contribution in [2.75, 3.05) is 11.4 Å². The first-order valence-corrected chi connectivity index (χ1v) is 7.23. The van der Waals surface area contributed by atoms with Crippen LogP contribution in [0.3, 0.4) is 0 Å². The van der Waals surface area contributed by atoms with Crippen molar-refractivity contribution in [3.63, 3.8) is 0 Å². The SMILES string of the molecule is CCC1CCCN1c1ccc(CC(C)N)c(C)c1. The van der Waals surface area contributed by atoms with E-state index < -0.39 is 0 Å². The largest absolute Gasteiger partial charge is 0.369 e. The summed E-state index contributed by atoms with van der Waals surface area (Å²) in [6.45, 7) is 7.78. The number of benzene rings is 1. The molecule has 2 rings (SSSR count). The summed E-state index contributed by atoms with van der Waals surface area (Å²) < 4.78 is 0. The van der Waals surface area contributed by atoms with Crippen molar-refractivity contribution in [2.24, 2.45) is 5.73 Å². The summed E-state index contributed by atoms with van der Waals surface area (Å²) in [4.78, 5) is 2.57. The van der Waals surface area contributed by atoms with Gasteiger partial charge in [0.1, 0.15) is 0 Å². The van der Waals surface area contributed by atoms with Crippen LogP contribution >= 0.6 is 0 Å². The highest BCUT2D eigenvalue weighted by atomic mass is 15.2. The highest BCUT2D eigenvalue weighted by Crippen LogP contribution is 2.28. The van der Waals surface area contributed by atoms with Crippen LogP contribution in [0.25, 0.3) is 0 Å². The number of rotatable bonds is 4. The minimum Gasteiger partial charge on any atom is -0.369 e. The monoisotopic (exact) mass is 246 g/mol. The highest BCUT2D eigenvalue weighted by Gasteiger charge is 2.23. The summed E-state index contributed by atoms with van der Waals surface area (Å²) in [5, 5.41) is 0. The molecule has 2 atom stereocenters. The van der Waals surface area contributed by atoms with E-state index in [1.807, 2.05) is 0 Å². The van der Waals surface area contributed by atoms with Crippen LogP contribution in [0.1, 0.15) is 44.2 Å². The van der Waals surface area contributed by atoms with Crippen molar-refractivity contribution < 1.29 is 0 Å². The van der Waals surface area contributed by atoms with E-state index in [0.717, 1.165) is 12.5 Å². The minimum absolute atomic E-state index is 0.240. The number of hydrogen-bond acceptors (Lipinski definition) is 2. The van der Waals surface area contributed by atoms with Gasteiger partial charge < -0.3 is 10.6 Å². The molecule has 1 saturated heterocycles. The highest BCUT2D eigenvalue weighted by molar-refractivity contribution is 5.52. The second-order valence-corrected chi connectivity index (χ2v) is 5.69. The Balaban J connectivity index is 2.18. The number of nitrogens with zero attached hydrogens (tertiary/aromatic N) is 1. The third-order valence-electron chi connectivity index (χ3n) is 4.05. The molecule has 1 aliphatic heterocycles. The molecule has 2 unspecified atom stereocenters. The molecule has 100 valence electrons. The van der Waals surface area contributed by atoms with Gasteiger partial charge in [-0.3, -0.25) is 0 Å². The summed E-state index contributed by atoms with van der Waals surface area (Å²) in [5.41, 5.74) is 10.1. The van der Waals surface area contributed by atoms with Crippen LogP contribution < -0.4 is 10.6 Å². The molecule has 1 aromatic carbocycles. The molecule has 0 saturated carbocycles. The fraction of sp³-hybridized carbons (Fsp3) is 0.625. The Labute approximate surface area is 111 Å². The number of aryl methyl sites for hydroxylation is 1. The number of anilines is 1. The third kappa shape index (κ3) is 2.86. The van der Waals surface area contributed by atoms with Crippen LogP contribution in [-0.4, -0.2) is 18.6 Å². The first-order chi connectivity index (χ1) is 8.61. The topological polar surface area (TPSA) is 29.3 Å². The Morgan fingerprint density at radius 1 is 1.44 bits per heavy atom. The second-order valence-electron chi connectivity index (χ2n) is 5.69. The lowest BCUT2D eigenvalue weighted by atomic mass is 10.0. The van der Waals surface area contributed by atoms with Gasteiger partial charge in [0.05, 0.1) is 0 Å². The minimum atomic E-state index is 0.240. The quantitative estimate of drug-likeness (QED) is 0.883. The molecule has 0 amide bonds. The lowest BCUT2D eigenvalue weighted by molar-refractivity contribution is 0.645. The first kappa shape index (κ1) is 13.4. The van der Waals surface area contributed by atoms with Gasteiger partial charge in [-0.2, -0.15) is 0 Å². The molecule has 1 heterocycles. The fourth-order valence-electron chi connectivity index (χ4n) is 3.03. The van der Waals surface area contributed by atoms with Crippen LogP contribution in [0.15, 0.2) is 18.2 Å². The molecule has 0 aromatic heterocycles. The van der Waals surface area contributed by atoms with E-state index in [1.165, 1.54) is 42.6 Å². The molecule has 2 nitrogen and oxygen atoms in total. The predicted molar refractivity (Wildman–Crippen MR) is 79.2 cm³/mol. The van der Waals surface area contributed by atoms with Gasteiger partial charge >= 0.3 is 0 Å². The molecule has 0 aliphatic carbocycles. The average molecular weight is 246 g/mol. The molecule has 2 N–H and O–H groups in total. The first-order valence-electron chi connectivity index (χ1n) is 7.23. The Morgan fingerprint density at radius 2 is 2.22 bits per heavy atom. The number of nitrogens with two attached hydrogens (primary N) is 1. The molecule has 2 heteroatoms. The summed E-state index contributed by atoms with van der Waals surface area (Å²) in [6.07, 6.45) is 4.90. The Kier molecular flexibility index (Phi) is 4.28. The molecular formula is C16H26N2. The van der Waals surface area contributed by atoms with Gasteiger partial charge in [-0.25, -0.2) is 0 Å². The standard InChI is InChI=1S/C16H26N2/c1-4-15-6-5-9-18(15)16-8-7-14(11-13(3)17)12(2)10-16/h7-8,10,13,15H,4-6,9,11,17H2,1-3H3. The summed E-state index contributed by atoms with van der Waals surface area (Å²) >= 11 is 0. The average Bonchev–Trinajstić information content (AvgIpc) is 2.79. The fourth-order valence-corrected chi connectivity index (χ4v) is 3.03. The zero-order valence-electron chi connectivity index (χ0n) is 11.9. The van der Waals surface area contributed by atoms with Crippen molar-refractivity contribution in [3.8, 4) is 0 Å². The third-order valence-corrected chi connectivity index (χ3v) is 4.05. The molecule has 18 heavy (non-hydrogen) atoms. The lowest BCUT2D eigenvalue weighted by Crippen LogP contribution is -2.28. The van der Waals surface area contributed by atoms with Crippen LogP contribution in [0.5, 0.6) is 0 Å². The zero-order chi connectivity index (χ0) is 13.1. The summed E-state index contributed by atoms with van der Waals surface area (Å²) in [6, 6.07) is 7.86. The summed E-state index contributed by atoms with van der Waals surface area (Å²) in [5.74, 6) is 0. The van der Waals surface area contributed by atoms with E-state index in [-0.39, 0.29) is 6.04 Å². The maximum atomic E-state index is 5.89. The van der Waals surface area contributed by atoms with E-state index in [2.05, 4.69) is 43.9 Å². The van der Waals surface area contributed by atoms with Gasteiger partial charge in [0.2, 0.25) is 0 Å². The van der Waals surface area contributed by atoms with Gasteiger partial charge in [-0.1, -0.05) is 13.0 Å². The Morgan fingerprint density at radius 3 is 2.83 bits per heavy atom. The van der Waals surface area contributed by atoms with Crippen molar-refractivity contribution in [2.45, 2.75) is 58.5 Å². The summed E-state index contributed by atoms with van der Waals surface area (Å²) in [7, 11) is 0. The molecule has 1 aliphatic rings. The van der Waals surface area contributed by atoms with Crippen molar-refractivity contribution in [3.05, 3.63) is 29.3 Å². The molecule has 0 radical (unpaired) electrons. The van der Waals surface area contributed by atoms with E-state index >= 15 is 0 Å². The lowest BCUT2D eigenvalue weighted by Gasteiger charge is -2.26. The molecule has 0 spiro atoms. The van der Waals surface area contributed by atoms with E-state index in [9.17, 15) is 0 Å². The maximum absolute atomic E-state index is 5.89. The van der Waals surface area contributed by atoms with Gasteiger partial charge in [0.25, 0.3) is 0 Å². The zero-order valence-corrected chi connectivity index (χ0v) is 11.9. The van der Waals surface area contributed by atoms with E-state index in [4.69, 9.17) is 5.73 Å². The Bertz CT molecular complexity index is 398. The van der Waals surface area contributed by atoms with Crippen molar-refractivity contribution in [1.82, 2.24) is 0 Å². The maximum Gasteiger partial charge on any atom is 0.0371 e. The van der Waals surface area contributed by atoms with Gasteiger partial charge in [0.15, 0.2) is 0 Å². The molecule has 1 aromatic rings. The smallest absolute Gasteiger partial charge is 0.0371 e. The normalized spacial score (nSPS) is 21.3. The van der Waals surface area contributed by atoms with Crippen LogP contribution in [0, 0.1) is 6.92 Å². The van der Waals surface area contributed by atoms with Gasteiger partial charge in [-0.05, 0) is 62.8 Å². The van der Waals surface area contributed by atoms with Crippen molar-refractivity contribution in [1.29, 1.82) is 0 Å². The molecule has 1 fully saturated rings. The molecule has 0 bridgehead atoms. The molecular weight excluding hydrogens is 220 g/mol. The van der Waals surface area contributed by atoms with E-state index in [1.54, 1.807) is 0 Å². The van der Waals surface area contributed by atoms with Gasteiger partial charge in [0, 0.05) is 24.3 Å². The van der Waals surface area contributed by atoms with Crippen molar-refractivity contribution >= 4 is 5.69 Å². The predicted octanol–water partition coefficient (Wildman–Crippen LogP) is 3.26. The Hall–Kier alpha value is -1.02. The van der Waals surface area contributed by atoms with Crippen LogP contribution in [-0.2, 0) is 6.42 Å². The second kappa shape index (κ2) is 5.75. The van der Waals surface area contributed by atoms with Crippen LogP contribution in [0.2, 0.25) is 0 Å². The van der Waals surface area contributed by atoms with Crippen LogP contribution in [0.4, 0.5) is 5.69 Å². The van der Waals surface area contributed by atoms with E-state index in [0.29, 0.717) is 0 Å².